The number of aromatic nitrogens is 6. The molecule has 0 amide bonds. The predicted octanol–water partition coefficient (Wildman–Crippen LogP) is 3.05. The molecule has 0 fully saturated rings. The van der Waals surface area contributed by atoms with Crippen LogP contribution in [0, 0.1) is 0 Å². The number of nitrogens with zero attached hydrogens (tertiary/aromatic N) is 8. The van der Waals surface area contributed by atoms with Gasteiger partial charge in [-0.3, -0.25) is 0 Å². The van der Waals surface area contributed by atoms with E-state index in [0.29, 0.717) is 35.6 Å². The van der Waals surface area contributed by atoms with E-state index in [2.05, 4.69) is 43.6 Å². The molecule has 10 nitrogen and oxygen atoms in total. The van der Waals surface area contributed by atoms with Gasteiger partial charge in [0.15, 0.2) is 11.3 Å². The summed E-state index contributed by atoms with van der Waals surface area (Å²) in [5, 5.41) is 18.0. The quantitative estimate of drug-likeness (QED) is 0.441. The van der Waals surface area contributed by atoms with Crippen LogP contribution in [-0.4, -0.2) is 49.1 Å². The molecule has 11 heteroatoms. The second-order valence-corrected chi connectivity index (χ2v) is 6.66. The summed E-state index contributed by atoms with van der Waals surface area (Å²) in [6.07, 6.45) is 0.759. The van der Waals surface area contributed by atoms with Crippen LogP contribution in [0.15, 0.2) is 10.2 Å². The van der Waals surface area contributed by atoms with Crippen molar-refractivity contribution in [2.24, 2.45) is 17.3 Å². The zero-order chi connectivity index (χ0) is 18.7. The van der Waals surface area contributed by atoms with Gasteiger partial charge in [-0.25, -0.2) is 4.98 Å². The van der Waals surface area contributed by atoms with Crippen LogP contribution in [0.2, 0.25) is 0 Å². The molecule has 140 valence electrons. The molecule has 26 heavy (non-hydrogen) atoms. The first-order valence-corrected chi connectivity index (χ1v) is 9.14. The second-order valence-electron chi connectivity index (χ2n) is 5.93. The first-order chi connectivity index (χ1) is 12.5. The van der Waals surface area contributed by atoms with Crippen LogP contribution in [0.3, 0.4) is 0 Å². The number of fused-ring (bicyclic) bond motifs is 1. The monoisotopic (exact) mass is 378 g/mol. The summed E-state index contributed by atoms with van der Waals surface area (Å²) in [6.45, 7) is 6.96. The standard InChI is InChI=1S/C15H22N8O2S/c1-6-10-16-15(26-21-10)18-17-11-13(25-8-7-24-5)20-23-14(11)22(4)12(19-23)9(2)3/h9H,6-8H2,1-5H3. The summed E-state index contributed by atoms with van der Waals surface area (Å²) in [6, 6.07) is 0. The average Bonchev–Trinajstić information content (AvgIpc) is 3.29. The lowest BCUT2D eigenvalue weighted by atomic mass is 10.2. The molecule has 0 aliphatic heterocycles. The van der Waals surface area contributed by atoms with Gasteiger partial charge in [0, 0.05) is 38.0 Å². The Bertz CT molecular complexity index is 910. The number of azo groups is 1. The van der Waals surface area contributed by atoms with Crippen LogP contribution in [-0.2, 0) is 18.2 Å². The summed E-state index contributed by atoms with van der Waals surface area (Å²) >= 11 is 1.21. The van der Waals surface area contributed by atoms with Crippen molar-refractivity contribution in [1.82, 2.24) is 28.8 Å². The van der Waals surface area contributed by atoms with E-state index in [-0.39, 0.29) is 5.92 Å². The lowest BCUT2D eigenvalue weighted by molar-refractivity contribution is 0.143. The fourth-order valence-electron chi connectivity index (χ4n) is 2.44. The molecule has 0 aromatic carbocycles. The zero-order valence-electron chi connectivity index (χ0n) is 15.5. The lowest BCUT2D eigenvalue weighted by Crippen LogP contribution is -2.05. The van der Waals surface area contributed by atoms with E-state index in [1.54, 1.807) is 7.11 Å². The van der Waals surface area contributed by atoms with Crippen molar-refractivity contribution >= 4 is 28.0 Å². The van der Waals surface area contributed by atoms with E-state index >= 15 is 0 Å². The molecule has 3 aromatic rings. The van der Waals surface area contributed by atoms with Gasteiger partial charge in [-0.2, -0.15) is 4.37 Å². The molecular weight excluding hydrogens is 356 g/mol. The van der Waals surface area contributed by atoms with Crippen molar-refractivity contribution in [2.45, 2.75) is 33.1 Å². The van der Waals surface area contributed by atoms with E-state index in [1.807, 2.05) is 18.5 Å². The summed E-state index contributed by atoms with van der Waals surface area (Å²) in [7, 11) is 3.54. The van der Waals surface area contributed by atoms with Gasteiger partial charge in [0.25, 0.3) is 5.88 Å². The summed E-state index contributed by atoms with van der Waals surface area (Å²) in [5.74, 6) is 2.26. The van der Waals surface area contributed by atoms with Crippen LogP contribution in [0.25, 0.3) is 5.65 Å². The Morgan fingerprint density at radius 1 is 1.19 bits per heavy atom. The Morgan fingerprint density at radius 3 is 2.65 bits per heavy atom. The van der Waals surface area contributed by atoms with E-state index in [9.17, 15) is 0 Å². The molecule has 0 N–H and O–H groups in total. The first kappa shape index (κ1) is 18.4. The molecule has 0 aliphatic carbocycles. The third-order valence-corrected chi connectivity index (χ3v) is 4.34. The zero-order valence-corrected chi connectivity index (χ0v) is 16.3. The molecule has 0 atom stereocenters. The van der Waals surface area contributed by atoms with Crippen molar-refractivity contribution < 1.29 is 9.47 Å². The Labute approximate surface area is 155 Å². The fraction of sp³-hybridized carbons (Fsp3) is 0.600. The lowest BCUT2D eigenvalue weighted by Gasteiger charge is -2.05. The molecule has 0 unspecified atom stereocenters. The highest BCUT2D eigenvalue weighted by Crippen LogP contribution is 2.34. The number of aryl methyl sites for hydroxylation is 2. The minimum atomic E-state index is 0.250. The Balaban J connectivity index is 2.01. The fourth-order valence-corrected chi connectivity index (χ4v) is 3.02. The van der Waals surface area contributed by atoms with Gasteiger partial charge in [-0.1, -0.05) is 20.8 Å². The minimum Gasteiger partial charge on any atom is -0.472 e. The van der Waals surface area contributed by atoms with E-state index in [1.165, 1.54) is 16.2 Å². The number of hydrogen-bond acceptors (Lipinski definition) is 9. The van der Waals surface area contributed by atoms with Crippen molar-refractivity contribution in [3.05, 3.63) is 11.6 Å². The topological polar surface area (TPSA) is 104 Å². The molecule has 0 aliphatic rings. The maximum atomic E-state index is 5.69. The minimum absolute atomic E-state index is 0.250. The average molecular weight is 378 g/mol. The third-order valence-electron chi connectivity index (χ3n) is 3.70. The van der Waals surface area contributed by atoms with Crippen molar-refractivity contribution in [3.63, 3.8) is 0 Å². The van der Waals surface area contributed by atoms with Gasteiger partial charge in [0.2, 0.25) is 5.13 Å². The normalized spacial score (nSPS) is 12.1. The highest BCUT2D eigenvalue weighted by Gasteiger charge is 2.22. The van der Waals surface area contributed by atoms with E-state index in [4.69, 9.17) is 9.47 Å². The number of methoxy groups -OCH3 is 1. The van der Waals surface area contributed by atoms with Crippen LogP contribution in [0.1, 0.15) is 38.3 Å². The Kier molecular flexibility index (Phi) is 5.57. The van der Waals surface area contributed by atoms with Gasteiger partial charge < -0.3 is 14.0 Å². The summed E-state index contributed by atoms with van der Waals surface area (Å²) < 4.78 is 18.4. The highest BCUT2D eigenvalue weighted by molar-refractivity contribution is 7.09. The molecular formula is C15H22N8O2S. The number of ether oxygens (including phenoxy) is 2. The van der Waals surface area contributed by atoms with Crippen LogP contribution in [0.5, 0.6) is 5.88 Å². The largest absolute Gasteiger partial charge is 0.472 e. The third kappa shape index (κ3) is 3.58. The molecule has 0 radical (unpaired) electrons. The van der Waals surface area contributed by atoms with Crippen molar-refractivity contribution in [1.29, 1.82) is 0 Å². The van der Waals surface area contributed by atoms with Crippen molar-refractivity contribution in [2.75, 3.05) is 20.3 Å². The SMILES string of the molecule is CCc1nsc(N=Nc2c(OCCOC)nn3nc(C(C)C)n(C)c23)n1. The van der Waals surface area contributed by atoms with Crippen molar-refractivity contribution in [3.8, 4) is 5.88 Å². The summed E-state index contributed by atoms with van der Waals surface area (Å²) in [5.41, 5.74) is 1.22. The number of hydrogen-bond donors (Lipinski definition) is 0. The predicted molar refractivity (Wildman–Crippen MR) is 96.9 cm³/mol. The van der Waals surface area contributed by atoms with Crippen LogP contribution in [0.4, 0.5) is 10.8 Å². The maximum absolute atomic E-state index is 5.69. The Hall–Kier alpha value is -2.40. The molecule has 0 spiro atoms. The Morgan fingerprint density at radius 2 is 2.00 bits per heavy atom. The molecule has 0 bridgehead atoms. The van der Waals surface area contributed by atoms with Gasteiger partial charge in [-0.05, 0) is 0 Å². The maximum Gasteiger partial charge on any atom is 0.265 e. The highest BCUT2D eigenvalue weighted by atomic mass is 32.1. The van der Waals surface area contributed by atoms with E-state index in [0.717, 1.165) is 18.1 Å². The smallest absolute Gasteiger partial charge is 0.265 e. The number of rotatable bonds is 8. The van der Waals surface area contributed by atoms with Gasteiger partial charge in [0.05, 0.1) is 6.61 Å². The molecule has 0 saturated heterocycles. The molecule has 3 aromatic heterocycles. The molecule has 0 saturated carbocycles. The first-order valence-electron chi connectivity index (χ1n) is 8.36. The van der Waals surface area contributed by atoms with Gasteiger partial charge in [0.1, 0.15) is 18.3 Å². The van der Waals surface area contributed by atoms with Crippen LogP contribution >= 0.6 is 11.5 Å². The molecule has 3 rings (SSSR count). The molecule has 3 heterocycles. The van der Waals surface area contributed by atoms with Crippen LogP contribution < -0.4 is 4.74 Å². The van der Waals surface area contributed by atoms with E-state index < -0.39 is 0 Å². The summed E-state index contributed by atoms with van der Waals surface area (Å²) in [4.78, 5) is 4.31. The van der Waals surface area contributed by atoms with Gasteiger partial charge >= 0.3 is 0 Å². The second kappa shape index (κ2) is 7.87. The van der Waals surface area contributed by atoms with Gasteiger partial charge in [-0.15, -0.1) is 25.1 Å².